The first-order valence-electron chi connectivity index (χ1n) is 7.43. The number of methoxy groups -OCH3 is 1. The predicted octanol–water partition coefficient (Wildman–Crippen LogP) is 1.28. The first kappa shape index (κ1) is 18.1. The van der Waals surface area contributed by atoms with Crippen molar-refractivity contribution >= 4 is 23.6 Å². The normalized spacial score (nSPS) is 10.0. The zero-order chi connectivity index (χ0) is 18.4. The molecule has 0 aliphatic rings. The topological polar surface area (TPSA) is 101 Å². The molecular formula is C17H18N4O4. The van der Waals surface area contributed by atoms with E-state index in [1.807, 2.05) is 13.0 Å². The summed E-state index contributed by atoms with van der Waals surface area (Å²) in [6.07, 6.45) is 2.84. The summed E-state index contributed by atoms with van der Waals surface area (Å²) in [6.45, 7) is 1.73. The Balaban J connectivity index is 1.97. The molecule has 2 aromatic rings. The summed E-state index contributed by atoms with van der Waals surface area (Å²) in [7, 11) is 2.75. The minimum Gasteiger partial charge on any atom is -0.465 e. The molecule has 25 heavy (non-hydrogen) atoms. The SMILES string of the molecule is COC(=O)c1ccc(C(=O)N(C)CC(=O)Nc2cc(C)ccn2)nc1. The van der Waals surface area contributed by atoms with E-state index in [1.54, 1.807) is 12.3 Å². The van der Waals surface area contributed by atoms with E-state index in [2.05, 4.69) is 20.0 Å². The second kappa shape index (κ2) is 8.00. The first-order chi connectivity index (χ1) is 11.9. The largest absolute Gasteiger partial charge is 0.465 e. The van der Waals surface area contributed by atoms with Gasteiger partial charge in [-0.1, -0.05) is 0 Å². The number of aryl methyl sites for hydroxylation is 1. The highest BCUT2D eigenvalue weighted by atomic mass is 16.5. The molecule has 0 fully saturated rings. The minimum atomic E-state index is -0.537. The van der Waals surface area contributed by atoms with Crippen LogP contribution in [0.2, 0.25) is 0 Å². The van der Waals surface area contributed by atoms with Gasteiger partial charge in [-0.15, -0.1) is 0 Å². The molecule has 2 heterocycles. The summed E-state index contributed by atoms with van der Waals surface area (Å²) in [5.74, 6) is -0.930. The molecule has 0 aromatic carbocycles. The van der Waals surface area contributed by atoms with Crippen molar-refractivity contribution < 1.29 is 19.1 Å². The van der Waals surface area contributed by atoms with Crippen molar-refractivity contribution in [2.45, 2.75) is 6.92 Å². The van der Waals surface area contributed by atoms with Crippen LogP contribution >= 0.6 is 0 Å². The maximum Gasteiger partial charge on any atom is 0.339 e. The number of carbonyl (C=O) groups excluding carboxylic acids is 3. The summed E-state index contributed by atoms with van der Waals surface area (Å²) < 4.78 is 4.57. The third-order valence-electron chi connectivity index (χ3n) is 3.31. The lowest BCUT2D eigenvalue weighted by Crippen LogP contribution is -2.35. The van der Waals surface area contributed by atoms with Crippen molar-refractivity contribution in [3.05, 3.63) is 53.5 Å². The first-order valence-corrected chi connectivity index (χ1v) is 7.43. The number of esters is 1. The van der Waals surface area contributed by atoms with Gasteiger partial charge in [0, 0.05) is 19.4 Å². The highest BCUT2D eigenvalue weighted by Gasteiger charge is 2.17. The zero-order valence-corrected chi connectivity index (χ0v) is 14.1. The Hall–Kier alpha value is -3.29. The van der Waals surface area contributed by atoms with Crippen molar-refractivity contribution in [2.24, 2.45) is 0 Å². The van der Waals surface area contributed by atoms with E-state index in [-0.39, 0.29) is 23.7 Å². The van der Waals surface area contributed by atoms with Crippen LogP contribution in [0.1, 0.15) is 26.4 Å². The molecule has 0 aliphatic heterocycles. The number of rotatable bonds is 5. The van der Waals surface area contributed by atoms with Crippen molar-refractivity contribution in [2.75, 3.05) is 26.0 Å². The third-order valence-corrected chi connectivity index (χ3v) is 3.31. The van der Waals surface area contributed by atoms with Gasteiger partial charge in [-0.25, -0.2) is 9.78 Å². The monoisotopic (exact) mass is 342 g/mol. The molecule has 0 saturated heterocycles. The van der Waals surface area contributed by atoms with E-state index in [0.29, 0.717) is 5.82 Å². The molecule has 0 saturated carbocycles. The third kappa shape index (κ3) is 4.84. The number of carbonyl (C=O) groups is 3. The molecule has 1 N–H and O–H groups in total. The number of ether oxygens (including phenoxy) is 1. The molecule has 0 bridgehead atoms. The van der Waals surface area contributed by atoms with E-state index in [0.717, 1.165) is 5.56 Å². The fraction of sp³-hybridized carbons (Fsp3) is 0.235. The molecule has 2 aromatic heterocycles. The highest BCUT2D eigenvalue weighted by molar-refractivity contribution is 5.98. The summed E-state index contributed by atoms with van der Waals surface area (Å²) >= 11 is 0. The maximum absolute atomic E-state index is 12.3. The average molecular weight is 342 g/mol. The van der Waals surface area contributed by atoms with Gasteiger partial charge in [0.05, 0.1) is 19.2 Å². The molecule has 8 heteroatoms. The van der Waals surface area contributed by atoms with E-state index < -0.39 is 11.9 Å². The molecule has 2 rings (SSSR count). The van der Waals surface area contributed by atoms with Gasteiger partial charge in [-0.05, 0) is 36.8 Å². The molecule has 0 radical (unpaired) electrons. The molecule has 2 amide bonds. The Bertz CT molecular complexity index is 789. The number of pyridine rings is 2. The van der Waals surface area contributed by atoms with Gasteiger partial charge in [-0.2, -0.15) is 0 Å². The van der Waals surface area contributed by atoms with Crippen LogP contribution < -0.4 is 5.32 Å². The summed E-state index contributed by atoms with van der Waals surface area (Å²) in [5, 5.41) is 2.63. The fourth-order valence-electron chi connectivity index (χ4n) is 2.03. The fourth-order valence-corrected chi connectivity index (χ4v) is 2.03. The lowest BCUT2D eigenvalue weighted by Gasteiger charge is -2.16. The number of nitrogens with one attached hydrogen (secondary N) is 1. The number of amides is 2. The van der Waals surface area contributed by atoms with E-state index in [9.17, 15) is 14.4 Å². The molecule has 8 nitrogen and oxygen atoms in total. The molecule has 0 aliphatic carbocycles. The van der Waals surface area contributed by atoms with Gasteiger partial charge in [0.2, 0.25) is 5.91 Å². The molecular weight excluding hydrogens is 324 g/mol. The number of hydrogen-bond donors (Lipinski definition) is 1. The van der Waals surface area contributed by atoms with Crippen LogP contribution in [0.4, 0.5) is 5.82 Å². The summed E-state index contributed by atoms with van der Waals surface area (Å²) in [6, 6.07) is 6.39. The van der Waals surface area contributed by atoms with Gasteiger partial charge in [-0.3, -0.25) is 14.6 Å². The second-order valence-corrected chi connectivity index (χ2v) is 5.35. The number of likely N-dealkylation sites (N-methyl/N-ethyl adjacent to an activating group) is 1. The second-order valence-electron chi connectivity index (χ2n) is 5.35. The number of nitrogens with zero attached hydrogens (tertiary/aromatic N) is 3. The average Bonchev–Trinajstić information content (AvgIpc) is 2.60. The van der Waals surface area contributed by atoms with Gasteiger partial charge in [0.1, 0.15) is 11.5 Å². The number of aromatic nitrogens is 2. The van der Waals surface area contributed by atoms with Gasteiger partial charge in [0.15, 0.2) is 0 Å². The predicted molar refractivity (Wildman–Crippen MR) is 90.1 cm³/mol. The molecule has 130 valence electrons. The van der Waals surface area contributed by atoms with Gasteiger partial charge in [0.25, 0.3) is 5.91 Å². The Labute approximate surface area is 144 Å². The zero-order valence-electron chi connectivity index (χ0n) is 14.1. The summed E-state index contributed by atoms with van der Waals surface area (Å²) in [4.78, 5) is 44.9. The highest BCUT2D eigenvalue weighted by Crippen LogP contribution is 2.07. The lowest BCUT2D eigenvalue weighted by atomic mass is 10.2. The van der Waals surface area contributed by atoms with Crippen LogP contribution in [0.5, 0.6) is 0 Å². The Morgan fingerprint density at radius 2 is 1.96 bits per heavy atom. The van der Waals surface area contributed by atoms with Crippen LogP contribution in [0, 0.1) is 6.92 Å². The molecule has 0 atom stereocenters. The van der Waals surface area contributed by atoms with Crippen molar-refractivity contribution in [3.8, 4) is 0 Å². The Morgan fingerprint density at radius 3 is 2.56 bits per heavy atom. The van der Waals surface area contributed by atoms with Crippen LogP contribution in [-0.4, -0.2) is 53.4 Å². The van der Waals surface area contributed by atoms with Crippen molar-refractivity contribution in [1.82, 2.24) is 14.9 Å². The maximum atomic E-state index is 12.3. The van der Waals surface area contributed by atoms with Crippen LogP contribution in [0.3, 0.4) is 0 Å². The van der Waals surface area contributed by atoms with Gasteiger partial charge < -0.3 is 15.0 Å². The van der Waals surface area contributed by atoms with Gasteiger partial charge >= 0.3 is 5.97 Å². The van der Waals surface area contributed by atoms with E-state index >= 15 is 0 Å². The minimum absolute atomic E-state index is 0.122. The van der Waals surface area contributed by atoms with Crippen LogP contribution in [0.25, 0.3) is 0 Å². The van der Waals surface area contributed by atoms with Crippen LogP contribution in [-0.2, 0) is 9.53 Å². The smallest absolute Gasteiger partial charge is 0.339 e. The van der Waals surface area contributed by atoms with Crippen molar-refractivity contribution in [1.29, 1.82) is 0 Å². The lowest BCUT2D eigenvalue weighted by molar-refractivity contribution is -0.116. The quantitative estimate of drug-likeness (QED) is 0.822. The standard InChI is InChI=1S/C17H18N4O4/c1-11-6-7-18-14(8-11)20-15(22)10-21(2)16(23)13-5-4-12(9-19-13)17(24)25-3/h4-9H,10H2,1-3H3,(H,18,20,22). The Morgan fingerprint density at radius 1 is 1.20 bits per heavy atom. The van der Waals surface area contributed by atoms with E-state index in [4.69, 9.17) is 0 Å². The number of anilines is 1. The summed E-state index contributed by atoms with van der Waals surface area (Å²) in [5.41, 5.74) is 1.33. The number of hydrogen-bond acceptors (Lipinski definition) is 6. The Kier molecular flexibility index (Phi) is 5.78. The molecule has 0 unspecified atom stereocenters. The van der Waals surface area contributed by atoms with E-state index in [1.165, 1.54) is 37.4 Å². The van der Waals surface area contributed by atoms with Crippen LogP contribution in [0.15, 0.2) is 36.7 Å². The van der Waals surface area contributed by atoms with Crippen molar-refractivity contribution in [3.63, 3.8) is 0 Å². The molecule has 0 spiro atoms.